The average Bonchev–Trinajstić information content (AvgIpc) is 2.99. The van der Waals surface area contributed by atoms with E-state index in [1.807, 2.05) is 19.2 Å². The number of nitrogens with one attached hydrogen (secondary N) is 1. The van der Waals surface area contributed by atoms with E-state index < -0.39 is 0 Å². The van der Waals surface area contributed by atoms with Crippen molar-refractivity contribution in [1.29, 1.82) is 0 Å². The highest BCUT2D eigenvalue weighted by molar-refractivity contribution is 6.30. The second kappa shape index (κ2) is 8.63. The van der Waals surface area contributed by atoms with Crippen LogP contribution in [0.25, 0.3) is 11.0 Å². The zero-order chi connectivity index (χ0) is 19.4. The van der Waals surface area contributed by atoms with Gasteiger partial charge in [-0.1, -0.05) is 31.5 Å². The summed E-state index contributed by atoms with van der Waals surface area (Å²) in [6.45, 7) is 6.37. The van der Waals surface area contributed by atoms with E-state index in [9.17, 15) is 5.11 Å². The van der Waals surface area contributed by atoms with Crippen LogP contribution < -0.4 is 10.2 Å². The maximum atomic E-state index is 9.63. The van der Waals surface area contributed by atoms with Crippen LogP contribution >= 0.6 is 11.6 Å². The van der Waals surface area contributed by atoms with Crippen LogP contribution in [0.3, 0.4) is 0 Å². The van der Waals surface area contributed by atoms with Crippen LogP contribution in [-0.4, -0.2) is 27.7 Å². The predicted octanol–water partition coefficient (Wildman–Crippen LogP) is 5.09. The van der Waals surface area contributed by atoms with Gasteiger partial charge in [0.1, 0.15) is 0 Å². The quantitative estimate of drug-likeness (QED) is 0.566. The fraction of sp³-hybridized carbons (Fsp3) is 0.381. The van der Waals surface area contributed by atoms with E-state index in [1.54, 1.807) is 12.1 Å². The molecule has 0 aliphatic rings. The molecule has 3 aromatic rings. The van der Waals surface area contributed by atoms with E-state index in [2.05, 4.69) is 40.8 Å². The Morgan fingerprint density at radius 2 is 1.89 bits per heavy atom. The largest absolute Gasteiger partial charge is 0.392 e. The molecule has 0 saturated heterocycles. The first kappa shape index (κ1) is 19.5. The number of aryl methyl sites for hydroxylation is 1. The van der Waals surface area contributed by atoms with Crippen molar-refractivity contribution < 1.29 is 5.11 Å². The van der Waals surface area contributed by atoms with Gasteiger partial charge < -0.3 is 19.9 Å². The maximum absolute atomic E-state index is 9.63. The summed E-state index contributed by atoms with van der Waals surface area (Å²) in [6.07, 6.45) is 2.20. The van der Waals surface area contributed by atoms with Crippen molar-refractivity contribution in [2.75, 3.05) is 23.3 Å². The van der Waals surface area contributed by atoms with Gasteiger partial charge in [-0.3, -0.25) is 0 Å². The van der Waals surface area contributed by atoms with Gasteiger partial charge in [-0.15, -0.1) is 0 Å². The van der Waals surface area contributed by atoms with Crippen molar-refractivity contribution >= 4 is 40.0 Å². The third kappa shape index (κ3) is 4.04. The number of imidazole rings is 1. The fourth-order valence-corrected chi connectivity index (χ4v) is 3.64. The zero-order valence-electron chi connectivity index (χ0n) is 16.2. The normalized spacial score (nSPS) is 11.1. The number of fused-ring (bicyclic) bond motifs is 1. The van der Waals surface area contributed by atoms with Gasteiger partial charge in [0.2, 0.25) is 5.95 Å². The molecule has 27 heavy (non-hydrogen) atoms. The molecule has 2 N–H and O–H groups in total. The van der Waals surface area contributed by atoms with Crippen LogP contribution in [0.15, 0.2) is 36.4 Å². The van der Waals surface area contributed by atoms with Gasteiger partial charge in [0.15, 0.2) is 0 Å². The van der Waals surface area contributed by atoms with Gasteiger partial charge in [0.05, 0.1) is 23.3 Å². The highest BCUT2D eigenvalue weighted by atomic mass is 35.5. The molecule has 3 rings (SSSR count). The second-order valence-electron chi connectivity index (χ2n) is 6.71. The lowest BCUT2D eigenvalue weighted by Crippen LogP contribution is -2.25. The third-order valence-corrected chi connectivity index (χ3v) is 4.92. The molecular weight excluding hydrogens is 360 g/mol. The Hall–Kier alpha value is -2.24. The maximum Gasteiger partial charge on any atom is 0.208 e. The van der Waals surface area contributed by atoms with Gasteiger partial charge >= 0.3 is 0 Å². The van der Waals surface area contributed by atoms with Crippen LogP contribution in [0, 0.1) is 0 Å². The number of aliphatic hydroxyl groups is 1. The van der Waals surface area contributed by atoms with Crippen molar-refractivity contribution in [2.24, 2.45) is 7.05 Å². The minimum absolute atomic E-state index is 0.0845. The van der Waals surface area contributed by atoms with Gasteiger partial charge in [-0.05, 0) is 43.2 Å². The summed E-state index contributed by atoms with van der Waals surface area (Å²) in [5.74, 6) is 0.738. The highest BCUT2D eigenvalue weighted by Gasteiger charge is 2.16. The molecule has 0 unspecified atom stereocenters. The number of anilines is 3. The van der Waals surface area contributed by atoms with Gasteiger partial charge in [-0.25, -0.2) is 4.98 Å². The van der Waals surface area contributed by atoms with Crippen LogP contribution in [0.2, 0.25) is 5.02 Å². The smallest absolute Gasteiger partial charge is 0.208 e. The summed E-state index contributed by atoms with van der Waals surface area (Å²) in [5, 5.41) is 13.6. The summed E-state index contributed by atoms with van der Waals surface area (Å²) >= 11 is 6.04. The summed E-state index contributed by atoms with van der Waals surface area (Å²) < 4.78 is 2.08. The molecule has 0 aliphatic carbocycles. The SMILES string of the molecule is CCCN(CCC)c1cccc2nc(Nc3ccc(Cl)cc3CO)n(C)c12. The molecule has 0 spiro atoms. The molecule has 0 atom stereocenters. The average molecular weight is 387 g/mol. The summed E-state index contributed by atoms with van der Waals surface area (Å²) in [7, 11) is 2.02. The summed E-state index contributed by atoms with van der Waals surface area (Å²) in [6, 6.07) is 11.7. The number of halogens is 1. The third-order valence-electron chi connectivity index (χ3n) is 4.68. The Morgan fingerprint density at radius 1 is 1.15 bits per heavy atom. The predicted molar refractivity (Wildman–Crippen MR) is 114 cm³/mol. The Kier molecular flexibility index (Phi) is 6.24. The first-order valence-corrected chi connectivity index (χ1v) is 9.83. The van der Waals surface area contributed by atoms with Crippen LogP contribution in [0.5, 0.6) is 0 Å². The number of para-hydroxylation sites is 1. The number of benzene rings is 2. The minimum Gasteiger partial charge on any atom is -0.392 e. The van der Waals surface area contributed by atoms with E-state index >= 15 is 0 Å². The van der Waals surface area contributed by atoms with Crippen molar-refractivity contribution in [2.45, 2.75) is 33.3 Å². The molecule has 0 saturated carbocycles. The monoisotopic (exact) mass is 386 g/mol. The lowest BCUT2D eigenvalue weighted by atomic mass is 10.2. The minimum atomic E-state index is -0.0845. The number of hydrogen-bond acceptors (Lipinski definition) is 4. The lowest BCUT2D eigenvalue weighted by Gasteiger charge is -2.25. The Balaban J connectivity index is 2.04. The van der Waals surface area contributed by atoms with Crippen LogP contribution in [0.1, 0.15) is 32.3 Å². The molecule has 5 nitrogen and oxygen atoms in total. The standard InChI is InChI=1S/C21H27ClN4O/c1-4-11-26(12-5-2)19-8-6-7-18-20(19)25(3)21(24-18)23-17-10-9-16(22)13-15(17)14-27/h6-10,13,27H,4-5,11-12,14H2,1-3H3,(H,23,24). The molecule has 2 aromatic carbocycles. The highest BCUT2D eigenvalue weighted by Crippen LogP contribution is 2.31. The summed E-state index contributed by atoms with van der Waals surface area (Å²) in [4.78, 5) is 7.21. The number of rotatable bonds is 8. The molecule has 0 fully saturated rings. The molecule has 0 radical (unpaired) electrons. The molecule has 6 heteroatoms. The Bertz CT molecular complexity index is 916. The first-order valence-electron chi connectivity index (χ1n) is 9.45. The van der Waals surface area contributed by atoms with E-state index in [0.717, 1.165) is 54.2 Å². The fourth-order valence-electron chi connectivity index (χ4n) is 3.44. The number of hydrogen-bond donors (Lipinski definition) is 2. The lowest BCUT2D eigenvalue weighted by molar-refractivity contribution is 0.282. The number of nitrogens with zero attached hydrogens (tertiary/aromatic N) is 3. The Labute approximate surface area is 165 Å². The Morgan fingerprint density at radius 3 is 2.56 bits per heavy atom. The van der Waals surface area contributed by atoms with Gasteiger partial charge in [0.25, 0.3) is 0 Å². The molecule has 1 aromatic heterocycles. The van der Waals surface area contributed by atoms with E-state index in [-0.39, 0.29) is 6.61 Å². The molecule has 0 aliphatic heterocycles. The topological polar surface area (TPSA) is 53.3 Å². The second-order valence-corrected chi connectivity index (χ2v) is 7.15. The van der Waals surface area contributed by atoms with E-state index in [0.29, 0.717) is 5.02 Å². The molecular formula is C21H27ClN4O. The summed E-state index contributed by atoms with van der Waals surface area (Å²) in [5.41, 5.74) is 4.82. The van der Waals surface area contributed by atoms with Crippen molar-refractivity contribution in [3.8, 4) is 0 Å². The molecule has 1 heterocycles. The van der Waals surface area contributed by atoms with Crippen molar-refractivity contribution in [3.05, 3.63) is 47.0 Å². The van der Waals surface area contributed by atoms with Gasteiger partial charge in [0, 0.05) is 36.4 Å². The molecule has 144 valence electrons. The van der Waals surface area contributed by atoms with Crippen molar-refractivity contribution in [3.63, 3.8) is 0 Å². The zero-order valence-corrected chi connectivity index (χ0v) is 16.9. The molecule has 0 bridgehead atoms. The van der Waals surface area contributed by atoms with Crippen LogP contribution in [0.4, 0.5) is 17.3 Å². The van der Waals surface area contributed by atoms with Gasteiger partial charge in [-0.2, -0.15) is 0 Å². The van der Waals surface area contributed by atoms with Crippen LogP contribution in [-0.2, 0) is 13.7 Å². The van der Waals surface area contributed by atoms with Crippen molar-refractivity contribution in [1.82, 2.24) is 9.55 Å². The first-order chi connectivity index (χ1) is 13.1. The number of aliphatic hydroxyl groups excluding tert-OH is 1. The van der Waals surface area contributed by atoms with E-state index in [4.69, 9.17) is 16.6 Å². The number of aromatic nitrogens is 2. The van der Waals surface area contributed by atoms with E-state index in [1.165, 1.54) is 5.69 Å². The molecule has 0 amide bonds.